The second kappa shape index (κ2) is 8.02. The van der Waals surface area contributed by atoms with Crippen molar-refractivity contribution in [2.45, 2.75) is 6.54 Å². The second-order valence-corrected chi connectivity index (χ2v) is 5.29. The molecule has 0 saturated heterocycles. The van der Waals surface area contributed by atoms with Crippen molar-refractivity contribution in [3.63, 3.8) is 0 Å². The highest BCUT2D eigenvalue weighted by molar-refractivity contribution is 6.05. The molecule has 1 aliphatic heterocycles. The van der Waals surface area contributed by atoms with Crippen LogP contribution >= 0.6 is 0 Å². The molecular weight excluding hydrogens is 322 g/mol. The third-order valence-electron chi connectivity index (χ3n) is 3.37. The number of amides is 1. The second-order valence-electron chi connectivity index (χ2n) is 5.29. The minimum atomic E-state index is -0.197. The maximum atomic E-state index is 11.4. The predicted molar refractivity (Wildman–Crippen MR) is 96.3 cm³/mol. The summed E-state index contributed by atoms with van der Waals surface area (Å²) in [6.45, 7) is 7.65. The molecule has 0 aromatic heterocycles. The molecule has 0 aliphatic carbocycles. The molecule has 25 heavy (non-hydrogen) atoms. The number of benzene rings is 1. The first-order valence-electron chi connectivity index (χ1n) is 7.50. The first kappa shape index (κ1) is 18.1. The predicted octanol–water partition coefficient (Wildman–Crippen LogP) is 1.32. The molecule has 6 N–H and O–H groups in total. The lowest BCUT2D eigenvalue weighted by Gasteiger charge is -2.19. The Balaban J connectivity index is 1.99. The Bertz CT molecular complexity index is 755. The summed E-state index contributed by atoms with van der Waals surface area (Å²) >= 11 is 0. The topological polar surface area (TPSA) is 119 Å². The van der Waals surface area contributed by atoms with E-state index in [-0.39, 0.29) is 29.7 Å². The minimum Gasteiger partial charge on any atom is -0.506 e. The van der Waals surface area contributed by atoms with Gasteiger partial charge in [0, 0.05) is 13.6 Å². The largest absolute Gasteiger partial charge is 0.506 e. The number of hydrazine groups is 1. The van der Waals surface area contributed by atoms with Gasteiger partial charge in [0.25, 0.3) is 5.91 Å². The quantitative estimate of drug-likeness (QED) is 0.183. The van der Waals surface area contributed by atoms with Crippen molar-refractivity contribution in [2.75, 3.05) is 19.0 Å². The molecular formula is C17H21N5O3. The summed E-state index contributed by atoms with van der Waals surface area (Å²) in [6, 6.07) is 5.44. The Morgan fingerprint density at radius 2 is 2.24 bits per heavy atom. The van der Waals surface area contributed by atoms with Crippen LogP contribution in [0.15, 0.2) is 54.6 Å². The minimum absolute atomic E-state index is 0.0179. The molecule has 0 radical (unpaired) electrons. The summed E-state index contributed by atoms with van der Waals surface area (Å²) in [4.78, 5) is 11.4. The summed E-state index contributed by atoms with van der Waals surface area (Å²) < 4.78 is 5.31. The van der Waals surface area contributed by atoms with Gasteiger partial charge in [0.15, 0.2) is 6.61 Å². The number of carbonyl (C=O) groups excluding carboxylic acids is 1. The molecule has 0 fully saturated rings. The molecule has 0 bridgehead atoms. The zero-order valence-electron chi connectivity index (χ0n) is 13.9. The van der Waals surface area contributed by atoms with E-state index >= 15 is 0 Å². The van der Waals surface area contributed by atoms with Crippen LogP contribution in [0.25, 0.3) is 0 Å². The Morgan fingerprint density at radius 1 is 1.48 bits per heavy atom. The van der Waals surface area contributed by atoms with Gasteiger partial charge in [0.1, 0.15) is 11.5 Å². The highest BCUT2D eigenvalue weighted by Gasteiger charge is 2.15. The van der Waals surface area contributed by atoms with Gasteiger partial charge in [-0.2, -0.15) is 0 Å². The molecule has 0 unspecified atom stereocenters. The number of rotatable bonds is 8. The van der Waals surface area contributed by atoms with E-state index in [2.05, 4.69) is 34.6 Å². The van der Waals surface area contributed by atoms with Crippen LogP contribution in [-0.2, 0) is 11.3 Å². The monoisotopic (exact) mass is 343 g/mol. The summed E-state index contributed by atoms with van der Waals surface area (Å²) in [6.07, 6.45) is 1.40. The summed E-state index contributed by atoms with van der Waals surface area (Å²) in [7, 11) is 1.63. The standard InChI is InChI=1S/C17H21N5O3/c1-10(13(18)7-14(11(2)23)22-19-3)20-8-12-4-5-16-15(6-12)21-17(24)9-25-16/h4-7,18-20,22-23H,1-2,8-9H2,3H3,(H,21,24)/b14-7-,18-13?. The fraction of sp³-hybridized carbons (Fsp3) is 0.176. The summed E-state index contributed by atoms with van der Waals surface area (Å²) in [5.41, 5.74) is 7.56. The van der Waals surface area contributed by atoms with Gasteiger partial charge >= 0.3 is 0 Å². The van der Waals surface area contributed by atoms with Gasteiger partial charge in [-0.15, -0.1) is 0 Å². The van der Waals surface area contributed by atoms with E-state index in [9.17, 15) is 9.90 Å². The molecule has 1 aromatic rings. The zero-order valence-corrected chi connectivity index (χ0v) is 13.9. The lowest BCUT2D eigenvalue weighted by atomic mass is 10.1. The summed E-state index contributed by atoms with van der Waals surface area (Å²) in [5.74, 6) is 0.238. The van der Waals surface area contributed by atoms with Crippen LogP contribution in [0.5, 0.6) is 5.75 Å². The van der Waals surface area contributed by atoms with Gasteiger partial charge < -0.3 is 25.9 Å². The van der Waals surface area contributed by atoms with Gasteiger partial charge in [-0.05, 0) is 23.8 Å². The van der Waals surface area contributed by atoms with Crippen LogP contribution in [0.4, 0.5) is 5.69 Å². The average molecular weight is 343 g/mol. The fourth-order valence-corrected chi connectivity index (χ4v) is 2.10. The Hall–Kier alpha value is -3.26. The number of carbonyl (C=O) groups is 1. The normalized spacial score (nSPS) is 13.2. The van der Waals surface area contributed by atoms with E-state index in [1.54, 1.807) is 19.2 Å². The van der Waals surface area contributed by atoms with E-state index in [1.807, 2.05) is 6.07 Å². The van der Waals surface area contributed by atoms with Crippen molar-refractivity contribution < 1.29 is 14.6 Å². The van der Waals surface area contributed by atoms with E-state index in [0.717, 1.165) is 5.56 Å². The molecule has 8 nitrogen and oxygen atoms in total. The maximum Gasteiger partial charge on any atom is 0.262 e. The maximum absolute atomic E-state index is 11.4. The van der Waals surface area contributed by atoms with Crippen molar-refractivity contribution in [1.82, 2.24) is 16.2 Å². The van der Waals surface area contributed by atoms with Crippen molar-refractivity contribution in [3.05, 3.63) is 60.1 Å². The molecule has 0 spiro atoms. The van der Waals surface area contributed by atoms with Crippen molar-refractivity contribution >= 4 is 17.3 Å². The molecule has 2 rings (SSSR count). The van der Waals surface area contributed by atoms with E-state index in [0.29, 0.717) is 23.7 Å². The molecule has 8 heteroatoms. The van der Waals surface area contributed by atoms with Gasteiger partial charge in [-0.3, -0.25) is 10.2 Å². The number of aliphatic hydroxyl groups is 1. The number of hydrogen-bond acceptors (Lipinski definition) is 7. The molecule has 0 saturated carbocycles. The molecule has 1 aliphatic rings. The number of ether oxygens (including phenoxy) is 1. The van der Waals surface area contributed by atoms with Crippen molar-refractivity contribution in [3.8, 4) is 5.75 Å². The Morgan fingerprint density at radius 3 is 2.92 bits per heavy atom. The van der Waals surface area contributed by atoms with Gasteiger partial charge in [0.2, 0.25) is 0 Å². The molecule has 132 valence electrons. The van der Waals surface area contributed by atoms with E-state index in [4.69, 9.17) is 10.1 Å². The van der Waals surface area contributed by atoms with Gasteiger partial charge in [-0.1, -0.05) is 19.2 Å². The van der Waals surface area contributed by atoms with Crippen LogP contribution in [-0.4, -0.2) is 30.4 Å². The summed E-state index contributed by atoms with van der Waals surface area (Å²) in [5, 5.41) is 23.2. The average Bonchev–Trinajstić information content (AvgIpc) is 2.58. The first-order chi connectivity index (χ1) is 11.9. The van der Waals surface area contributed by atoms with Crippen LogP contribution in [0, 0.1) is 5.41 Å². The highest BCUT2D eigenvalue weighted by Crippen LogP contribution is 2.28. The number of fused-ring (bicyclic) bond motifs is 1. The van der Waals surface area contributed by atoms with E-state index in [1.165, 1.54) is 6.08 Å². The Kier molecular flexibility index (Phi) is 5.80. The lowest BCUT2D eigenvalue weighted by Crippen LogP contribution is -2.29. The SMILES string of the molecule is C=C(NCc1ccc2c(c1)NC(=O)CO2)C(=N)/C=C(\NNC)C(=C)O. The number of aliphatic hydroxyl groups excluding tert-OH is 1. The number of allylic oxidation sites excluding steroid dienone is 1. The molecule has 1 heterocycles. The molecule has 1 amide bonds. The third-order valence-corrected chi connectivity index (χ3v) is 3.37. The van der Waals surface area contributed by atoms with Crippen molar-refractivity contribution in [2.24, 2.45) is 0 Å². The lowest BCUT2D eigenvalue weighted by molar-refractivity contribution is -0.118. The van der Waals surface area contributed by atoms with Crippen LogP contribution in [0.1, 0.15) is 5.56 Å². The smallest absolute Gasteiger partial charge is 0.262 e. The molecule has 0 atom stereocenters. The van der Waals surface area contributed by atoms with E-state index < -0.39 is 0 Å². The highest BCUT2D eigenvalue weighted by atomic mass is 16.5. The van der Waals surface area contributed by atoms with Crippen LogP contribution in [0.3, 0.4) is 0 Å². The van der Waals surface area contributed by atoms with Gasteiger partial charge in [0.05, 0.1) is 22.8 Å². The first-order valence-corrected chi connectivity index (χ1v) is 7.50. The number of nitrogens with one attached hydrogen (secondary N) is 5. The fourth-order valence-electron chi connectivity index (χ4n) is 2.10. The number of anilines is 1. The van der Waals surface area contributed by atoms with Gasteiger partial charge in [-0.25, -0.2) is 5.43 Å². The van der Waals surface area contributed by atoms with Crippen molar-refractivity contribution in [1.29, 1.82) is 5.41 Å². The molecule has 1 aromatic carbocycles. The van der Waals surface area contributed by atoms with Crippen LogP contribution in [0.2, 0.25) is 0 Å². The van der Waals surface area contributed by atoms with Crippen LogP contribution < -0.4 is 26.2 Å². The number of hydrogen-bond donors (Lipinski definition) is 6. The Labute approximate surface area is 145 Å². The zero-order chi connectivity index (χ0) is 18.4. The third kappa shape index (κ3) is 4.85.